The Hall–Kier alpha value is -2.75. The molecule has 0 bridgehead atoms. The van der Waals surface area contributed by atoms with Crippen molar-refractivity contribution < 1.29 is 4.79 Å². The number of nitrogens with zero attached hydrogens (tertiary/aromatic N) is 2. The average Bonchev–Trinajstić information content (AvgIpc) is 2.49. The first-order chi connectivity index (χ1) is 9.36. The molecule has 0 saturated heterocycles. The summed E-state index contributed by atoms with van der Waals surface area (Å²) in [6, 6.07) is 13.2. The molecular formula is C15H13N3O. The van der Waals surface area contributed by atoms with E-state index in [1.165, 1.54) is 12.4 Å². The van der Waals surface area contributed by atoms with E-state index in [1.54, 1.807) is 24.4 Å². The number of benzene rings is 1. The lowest BCUT2D eigenvalue weighted by molar-refractivity contribution is 0.0955. The number of carbonyl (C=O) groups excluding carboxylic acids is 1. The highest BCUT2D eigenvalue weighted by molar-refractivity contribution is 5.94. The topological polar surface area (TPSA) is 54.4 Å². The quantitative estimate of drug-likeness (QED) is 0.670. The van der Waals surface area contributed by atoms with Gasteiger partial charge in [-0.1, -0.05) is 36.4 Å². The minimum Gasteiger partial charge on any atom is -0.267 e. The van der Waals surface area contributed by atoms with E-state index in [2.05, 4.69) is 15.5 Å². The fourth-order valence-electron chi connectivity index (χ4n) is 1.42. The molecule has 4 nitrogen and oxygen atoms in total. The molecule has 0 aliphatic rings. The van der Waals surface area contributed by atoms with Crippen LogP contribution in [0, 0.1) is 0 Å². The van der Waals surface area contributed by atoms with E-state index in [0.717, 1.165) is 5.56 Å². The second-order valence-electron chi connectivity index (χ2n) is 3.73. The minimum absolute atomic E-state index is 0.280. The van der Waals surface area contributed by atoms with Gasteiger partial charge in [0, 0.05) is 18.6 Å². The van der Waals surface area contributed by atoms with Crippen molar-refractivity contribution in [2.75, 3.05) is 0 Å². The normalized spacial score (nSPS) is 10.9. The highest BCUT2D eigenvalue weighted by Crippen LogP contribution is 1.99. The molecule has 0 atom stereocenters. The van der Waals surface area contributed by atoms with Crippen molar-refractivity contribution >= 4 is 18.2 Å². The largest absolute Gasteiger partial charge is 0.272 e. The van der Waals surface area contributed by atoms with Gasteiger partial charge in [-0.05, 0) is 23.8 Å². The van der Waals surface area contributed by atoms with Gasteiger partial charge in [-0.3, -0.25) is 9.78 Å². The molecule has 1 aromatic carbocycles. The molecule has 19 heavy (non-hydrogen) atoms. The Labute approximate surface area is 111 Å². The average molecular weight is 251 g/mol. The van der Waals surface area contributed by atoms with Gasteiger partial charge in [0.25, 0.3) is 5.91 Å². The standard InChI is InChI=1S/C15H13N3O/c19-15(14-9-5-10-16-12-14)18-17-11-4-8-13-6-2-1-3-7-13/h1-12H,(H,18,19)/b8-4+,17-11+. The first-order valence-electron chi connectivity index (χ1n) is 5.81. The minimum atomic E-state index is -0.280. The summed E-state index contributed by atoms with van der Waals surface area (Å²) >= 11 is 0. The molecule has 1 N–H and O–H groups in total. The van der Waals surface area contributed by atoms with E-state index < -0.39 is 0 Å². The Kier molecular flexibility index (Phi) is 4.58. The van der Waals surface area contributed by atoms with Crippen LogP contribution in [0.2, 0.25) is 0 Å². The fraction of sp³-hybridized carbons (Fsp3) is 0. The lowest BCUT2D eigenvalue weighted by atomic mass is 10.2. The van der Waals surface area contributed by atoms with Gasteiger partial charge in [-0.15, -0.1) is 0 Å². The smallest absolute Gasteiger partial charge is 0.267 e. The molecule has 2 rings (SSSR count). The Bertz CT molecular complexity index is 577. The zero-order valence-corrected chi connectivity index (χ0v) is 10.2. The first-order valence-corrected chi connectivity index (χ1v) is 5.81. The van der Waals surface area contributed by atoms with E-state index in [-0.39, 0.29) is 5.91 Å². The van der Waals surface area contributed by atoms with E-state index in [4.69, 9.17) is 0 Å². The third-order valence-electron chi connectivity index (χ3n) is 2.34. The number of allylic oxidation sites excluding steroid dienone is 1. The maximum Gasteiger partial charge on any atom is 0.272 e. The van der Waals surface area contributed by atoms with Crippen LogP contribution in [0.3, 0.4) is 0 Å². The van der Waals surface area contributed by atoms with Crippen molar-refractivity contribution in [2.24, 2.45) is 5.10 Å². The van der Waals surface area contributed by atoms with Crippen molar-refractivity contribution in [2.45, 2.75) is 0 Å². The molecule has 1 aromatic heterocycles. The number of hydrogen-bond acceptors (Lipinski definition) is 3. The summed E-state index contributed by atoms with van der Waals surface area (Å²) in [6.45, 7) is 0. The van der Waals surface area contributed by atoms with Crippen LogP contribution in [0.4, 0.5) is 0 Å². The molecule has 2 aromatic rings. The Morgan fingerprint density at radius 3 is 2.74 bits per heavy atom. The van der Waals surface area contributed by atoms with E-state index in [9.17, 15) is 4.79 Å². The highest BCUT2D eigenvalue weighted by Gasteiger charge is 2.01. The molecular weight excluding hydrogens is 238 g/mol. The summed E-state index contributed by atoms with van der Waals surface area (Å²) in [4.78, 5) is 15.5. The summed E-state index contributed by atoms with van der Waals surface area (Å²) in [6.07, 6.45) is 8.30. The Morgan fingerprint density at radius 1 is 1.16 bits per heavy atom. The number of hydrogen-bond donors (Lipinski definition) is 1. The number of amides is 1. The third kappa shape index (κ3) is 4.20. The Morgan fingerprint density at radius 2 is 2.00 bits per heavy atom. The summed E-state index contributed by atoms with van der Waals surface area (Å²) < 4.78 is 0. The van der Waals surface area contributed by atoms with Crippen LogP contribution in [-0.4, -0.2) is 17.1 Å². The molecule has 0 aliphatic heterocycles. The van der Waals surface area contributed by atoms with Gasteiger partial charge in [-0.2, -0.15) is 5.10 Å². The number of aromatic nitrogens is 1. The Balaban J connectivity index is 1.84. The molecule has 1 amide bonds. The molecule has 1 heterocycles. The molecule has 0 unspecified atom stereocenters. The van der Waals surface area contributed by atoms with Crippen LogP contribution < -0.4 is 5.43 Å². The van der Waals surface area contributed by atoms with Gasteiger partial charge in [0.15, 0.2) is 0 Å². The number of carbonyl (C=O) groups is 1. The van der Waals surface area contributed by atoms with Crippen LogP contribution in [0.1, 0.15) is 15.9 Å². The molecule has 0 aliphatic carbocycles. The van der Waals surface area contributed by atoms with Crippen LogP contribution >= 0.6 is 0 Å². The lowest BCUT2D eigenvalue weighted by Crippen LogP contribution is -2.17. The number of nitrogens with one attached hydrogen (secondary N) is 1. The lowest BCUT2D eigenvalue weighted by Gasteiger charge is -1.96. The molecule has 0 fully saturated rings. The molecule has 94 valence electrons. The summed E-state index contributed by atoms with van der Waals surface area (Å²) in [5, 5.41) is 3.82. The van der Waals surface area contributed by atoms with Gasteiger partial charge in [0.1, 0.15) is 0 Å². The highest BCUT2D eigenvalue weighted by atomic mass is 16.2. The summed E-state index contributed by atoms with van der Waals surface area (Å²) in [5.74, 6) is -0.280. The number of pyridine rings is 1. The van der Waals surface area contributed by atoms with Crippen molar-refractivity contribution in [3.05, 3.63) is 72.1 Å². The SMILES string of the molecule is O=C(N/N=C/C=C/c1ccccc1)c1cccnc1. The van der Waals surface area contributed by atoms with Gasteiger partial charge in [0.05, 0.1) is 5.56 Å². The molecule has 4 heteroatoms. The van der Waals surface area contributed by atoms with Crippen LogP contribution in [0.25, 0.3) is 6.08 Å². The van der Waals surface area contributed by atoms with Gasteiger partial charge in [0.2, 0.25) is 0 Å². The maximum absolute atomic E-state index is 11.6. The second kappa shape index (κ2) is 6.86. The monoisotopic (exact) mass is 251 g/mol. The first kappa shape index (κ1) is 12.7. The van der Waals surface area contributed by atoms with Crippen LogP contribution in [0.15, 0.2) is 66.0 Å². The summed E-state index contributed by atoms with van der Waals surface area (Å²) in [7, 11) is 0. The van der Waals surface area contributed by atoms with Gasteiger partial charge in [-0.25, -0.2) is 5.43 Å². The van der Waals surface area contributed by atoms with Crippen molar-refractivity contribution in [1.82, 2.24) is 10.4 Å². The van der Waals surface area contributed by atoms with Crippen molar-refractivity contribution in [1.29, 1.82) is 0 Å². The summed E-state index contributed by atoms with van der Waals surface area (Å²) in [5.41, 5.74) is 3.98. The van der Waals surface area contributed by atoms with Crippen LogP contribution in [0.5, 0.6) is 0 Å². The zero-order valence-electron chi connectivity index (χ0n) is 10.2. The van der Waals surface area contributed by atoms with Gasteiger partial charge < -0.3 is 0 Å². The predicted molar refractivity (Wildman–Crippen MR) is 75.7 cm³/mol. The maximum atomic E-state index is 11.6. The van der Waals surface area contributed by atoms with E-state index in [1.807, 2.05) is 36.4 Å². The number of hydrazone groups is 1. The van der Waals surface area contributed by atoms with Gasteiger partial charge >= 0.3 is 0 Å². The fourth-order valence-corrected chi connectivity index (χ4v) is 1.42. The number of rotatable bonds is 4. The zero-order chi connectivity index (χ0) is 13.3. The predicted octanol–water partition coefficient (Wildman–Crippen LogP) is 2.51. The van der Waals surface area contributed by atoms with E-state index >= 15 is 0 Å². The third-order valence-corrected chi connectivity index (χ3v) is 2.34. The van der Waals surface area contributed by atoms with E-state index in [0.29, 0.717) is 5.56 Å². The van der Waals surface area contributed by atoms with Crippen molar-refractivity contribution in [3.8, 4) is 0 Å². The van der Waals surface area contributed by atoms with Crippen LogP contribution in [-0.2, 0) is 0 Å². The molecule has 0 saturated carbocycles. The molecule has 0 spiro atoms. The second-order valence-corrected chi connectivity index (χ2v) is 3.73. The van der Waals surface area contributed by atoms with Crippen molar-refractivity contribution in [3.63, 3.8) is 0 Å². The molecule has 0 radical (unpaired) electrons.